The molecule has 0 radical (unpaired) electrons. The lowest BCUT2D eigenvalue weighted by Gasteiger charge is -2.16. The quantitative estimate of drug-likeness (QED) is 0.722. The van der Waals surface area contributed by atoms with Gasteiger partial charge < -0.3 is 4.90 Å². The number of alkyl halides is 1. The molecule has 76 valence electrons. The molecule has 0 aliphatic heterocycles. The van der Waals surface area contributed by atoms with Crippen molar-refractivity contribution in [2.75, 3.05) is 18.6 Å². The van der Waals surface area contributed by atoms with Crippen molar-refractivity contribution >= 4 is 11.6 Å². The van der Waals surface area contributed by atoms with Crippen LogP contribution in [-0.2, 0) is 4.79 Å². The average molecular weight is 195 g/mol. The molecule has 0 N–H and O–H groups in total. The van der Waals surface area contributed by atoms with Crippen LogP contribution >= 0.6 is 0 Å². The maximum Gasteiger partial charge on any atom is 0.226 e. The van der Waals surface area contributed by atoms with Crippen LogP contribution in [0.4, 0.5) is 10.1 Å². The van der Waals surface area contributed by atoms with Gasteiger partial charge in [-0.05, 0) is 18.6 Å². The van der Waals surface area contributed by atoms with Gasteiger partial charge in [0.1, 0.15) is 0 Å². The van der Waals surface area contributed by atoms with E-state index in [1.54, 1.807) is 11.9 Å². The fourth-order valence-corrected chi connectivity index (χ4v) is 1.18. The van der Waals surface area contributed by atoms with Crippen LogP contribution in [0.3, 0.4) is 0 Å². The Morgan fingerprint density at radius 3 is 2.57 bits per heavy atom. The first-order chi connectivity index (χ1) is 6.75. The SMILES string of the molecule is CN(C(=O)CCCF)c1ccccc1. The Bertz CT molecular complexity index is 287. The molecule has 0 aliphatic rings. The topological polar surface area (TPSA) is 20.3 Å². The molecule has 0 bridgehead atoms. The molecule has 14 heavy (non-hydrogen) atoms. The normalized spacial score (nSPS) is 9.86. The van der Waals surface area contributed by atoms with Crippen LogP contribution in [0.15, 0.2) is 30.3 Å². The Morgan fingerprint density at radius 1 is 1.36 bits per heavy atom. The monoisotopic (exact) mass is 195 g/mol. The van der Waals surface area contributed by atoms with E-state index in [0.29, 0.717) is 6.42 Å². The van der Waals surface area contributed by atoms with Crippen LogP contribution in [-0.4, -0.2) is 19.6 Å². The fourth-order valence-electron chi connectivity index (χ4n) is 1.18. The van der Waals surface area contributed by atoms with Crippen molar-refractivity contribution in [2.24, 2.45) is 0 Å². The predicted octanol–water partition coefficient (Wildman–Crippen LogP) is 2.40. The summed E-state index contributed by atoms with van der Waals surface area (Å²) in [4.78, 5) is 13.0. The summed E-state index contributed by atoms with van der Waals surface area (Å²) in [5.41, 5.74) is 0.844. The second-order valence-electron chi connectivity index (χ2n) is 3.08. The summed E-state index contributed by atoms with van der Waals surface area (Å²) < 4.78 is 11.8. The van der Waals surface area contributed by atoms with Gasteiger partial charge >= 0.3 is 0 Å². The van der Waals surface area contributed by atoms with Crippen LogP contribution in [0, 0.1) is 0 Å². The Hall–Kier alpha value is -1.38. The molecule has 0 aliphatic carbocycles. The lowest BCUT2D eigenvalue weighted by molar-refractivity contribution is -0.118. The van der Waals surface area contributed by atoms with Crippen LogP contribution in [0.1, 0.15) is 12.8 Å². The van der Waals surface area contributed by atoms with E-state index in [2.05, 4.69) is 0 Å². The average Bonchev–Trinajstić information content (AvgIpc) is 2.26. The molecule has 1 aromatic rings. The summed E-state index contributed by atoms with van der Waals surface area (Å²) in [6.45, 7) is -0.436. The van der Waals surface area contributed by atoms with Crippen LogP contribution in [0.5, 0.6) is 0 Å². The molecule has 0 saturated carbocycles. The number of nitrogens with zero attached hydrogens (tertiary/aromatic N) is 1. The number of hydrogen-bond donors (Lipinski definition) is 0. The molecule has 1 aromatic carbocycles. The largest absolute Gasteiger partial charge is 0.316 e. The van der Waals surface area contributed by atoms with Gasteiger partial charge in [0.25, 0.3) is 0 Å². The van der Waals surface area contributed by atoms with Crippen molar-refractivity contribution in [1.82, 2.24) is 0 Å². The van der Waals surface area contributed by atoms with E-state index in [1.165, 1.54) is 0 Å². The molecule has 1 amide bonds. The van der Waals surface area contributed by atoms with E-state index in [0.717, 1.165) is 5.69 Å². The summed E-state index contributed by atoms with van der Waals surface area (Å²) >= 11 is 0. The van der Waals surface area contributed by atoms with Gasteiger partial charge in [0.2, 0.25) is 5.91 Å². The third kappa shape index (κ3) is 2.83. The minimum absolute atomic E-state index is 0.0474. The van der Waals surface area contributed by atoms with Gasteiger partial charge in [-0.15, -0.1) is 0 Å². The Kier molecular flexibility index (Phi) is 4.11. The number of carbonyl (C=O) groups excluding carboxylic acids is 1. The van der Waals surface area contributed by atoms with E-state index in [9.17, 15) is 9.18 Å². The van der Waals surface area contributed by atoms with Gasteiger partial charge in [-0.25, -0.2) is 0 Å². The highest BCUT2D eigenvalue weighted by molar-refractivity contribution is 5.92. The Labute approximate surface area is 83.3 Å². The van der Waals surface area contributed by atoms with Crippen LogP contribution in [0.25, 0.3) is 0 Å². The molecule has 3 heteroatoms. The van der Waals surface area contributed by atoms with Crippen molar-refractivity contribution < 1.29 is 9.18 Å². The molecule has 0 heterocycles. The standard InChI is InChI=1S/C11H14FNO/c1-13(11(14)8-5-9-12)10-6-3-2-4-7-10/h2-4,6-7H,5,8-9H2,1H3. The molecular formula is C11H14FNO. The molecule has 0 aromatic heterocycles. The molecule has 0 spiro atoms. The number of carbonyl (C=O) groups is 1. The number of benzene rings is 1. The second-order valence-corrected chi connectivity index (χ2v) is 3.08. The minimum Gasteiger partial charge on any atom is -0.316 e. The van der Waals surface area contributed by atoms with Crippen molar-refractivity contribution in [3.8, 4) is 0 Å². The maximum atomic E-state index is 11.8. The van der Waals surface area contributed by atoms with Crippen molar-refractivity contribution in [3.63, 3.8) is 0 Å². The molecule has 2 nitrogen and oxygen atoms in total. The number of amides is 1. The minimum atomic E-state index is -0.436. The highest BCUT2D eigenvalue weighted by atomic mass is 19.1. The zero-order valence-electron chi connectivity index (χ0n) is 8.24. The highest BCUT2D eigenvalue weighted by Crippen LogP contribution is 2.12. The summed E-state index contributed by atoms with van der Waals surface area (Å²) in [6, 6.07) is 9.34. The summed E-state index contributed by atoms with van der Waals surface area (Å²) in [7, 11) is 1.70. The number of halogens is 1. The third-order valence-electron chi connectivity index (χ3n) is 2.04. The van der Waals surface area contributed by atoms with Crippen molar-refractivity contribution in [1.29, 1.82) is 0 Å². The Morgan fingerprint density at radius 2 is 2.00 bits per heavy atom. The highest BCUT2D eigenvalue weighted by Gasteiger charge is 2.09. The number of hydrogen-bond acceptors (Lipinski definition) is 1. The summed E-state index contributed by atoms with van der Waals surface area (Å²) in [6.07, 6.45) is 0.567. The number of anilines is 1. The smallest absolute Gasteiger partial charge is 0.226 e. The van der Waals surface area contributed by atoms with Gasteiger partial charge in [0.15, 0.2) is 0 Å². The summed E-state index contributed by atoms with van der Waals surface area (Å²) in [5.74, 6) is -0.0474. The summed E-state index contributed by atoms with van der Waals surface area (Å²) in [5, 5.41) is 0. The zero-order valence-corrected chi connectivity index (χ0v) is 8.24. The van der Waals surface area contributed by atoms with E-state index >= 15 is 0 Å². The van der Waals surface area contributed by atoms with E-state index in [-0.39, 0.29) is 12.3 Å². The van der Waals surface area contributed by atoms with Gasteiger partial charge in [-0.2, -0.15) is 0 Å². The maximum absolute atomic E-state index is 11.8. The first-order valence-electron chi connectivity index (χ1n) is 4.63. The van der Waals surface area contributed by atoms with Gasteiger partial charge in [0, 0.05) is 19.2 Å². The molecule has 0 fully saturated rings. The Balaban J connectivity index is 2.57. The predicted molar refractivity (Wildman–Crippen MR) is 55.1 cm³/mol. The number of para-hydroxylation sites is 1. The van der Waals surface area contributed by atoms with Crippen LogP contribution < -0.4 is 4.90 Å². The molecule has 0 atom stereocenters. The first kappa shape index (κ1) is 10.7. The van der Waals surface area contributed by atoms with Crippen molar-refractivity contribution in [2.45, 2.75) is 12.8 Å². The van der Waals surface area contributed by atoms with Crippen LogP contribution in [0.2, 0.25) is 0 Å². The molecule has 0 saturated heterocycles. The first-order valence-corrected chi connectivity index (χ1v) is 4.63. The fraction of sp³-hybridized carbons (Fsp3) is 0.364. The van der Waals surface area contributed by atoms with E-state index in [4.69, 9.17) is 0 Å². The molecular weight excluding hydrogens is 181 g/mol. The third-order valence-corrected chi connectivity index (χ3v) is 2.04. The van der Waals surface area contributed by atoms with Crippen molar-refractivity contribution in [3.05, 3.63) is 30.3 Å². The lowest BCUT2D eigenvalue weighted by atomic mass is 10.2. The number of rotatable bonds is 4. The zero-order chi connectivity index (χ0) is 10.4. The molecule has 0 unspecified atom stereocenters. The van der Waals surface area contributed by atoms with Gasteiger partial charge in [-0.1, -0.05) is 18.2 Å². The van der Waals surface area contributed by atoms with Gasteiger partial charge in [0.05, 0.1) is 6.67 Å². The second kappa shape index (κ2) is 5.37. The van der Waals surface area contributed by atoms with Gasteiger partial charge in [-0.3, -0.25) is 9.18 Å². The lowest BCUT2D eigenvalue weighted by Crippen LogP contribution is -2.25. The van der Waals surface area contributed by atoms with E-state index < -0.39 is 6.67 Å². The van der Waals surface area contributed by atoms with E-state index in [1.807, 2.05) is 30.3 Å². The molecule has 1 rings (SSSR count).